The number of pyridine rings is 1. The van der Waals surface area contributed by atoms with E-state index in [-0.39, 0.29) is 18.3 Å². The van der Waals surface area contributed by atoms with Crippen LogP contribution in [0.15, 0.2) is 67.3 Å². The minimum atomic E-state index is -0.437. The van der Waals surface area contributed by atoms with Gasteiger partial charge in [-0.05, 0) is 60.0 Å². The van der Waals surface area contributed by atoms with Crippen molar-refractivity contribution in [1.29, 1.82) is 0 Å². The van der Waals surface area contributed by atoms with E-state index in [4.69, 9.17) is 5.73 Å². The smallest absolute Gasteiger partial charge is 0.271 e. The molecule has 5 aromatic rings. The predicted molar refractivity (Wildman–Crippen MR) is 143 cm³/mol. The van der Waals surface area contributed by atoms with Crippen LogP contribution >= 0.6 is 0 Å². The molecule has 0 spiro atoms. The summed E-state index contributed by atoms with van der Waals surface area (Å²) in [4.78, 5) is 21.6. The van der Waals surface area contributed by atoms with E-state index in [9.17, 15) is 9.18 Å². The number of amides is 1. The summed E-state index contributed by atoms with van der Waals surface area (Å²) in [6, 6.07) is 13.2. The first-order chi connectivity index (χ1) is 18.4. The minimum Gasteiger partial charge on any atom is -0.383 e. The third-order valence-corrected chi connectivity index (χ3v) is 6.87. The molecule has 9 heteroatoms. The Morgan fingerprint density at radius 1 is 1.11 bits per heavy atom. The van der Waals surface area contributed by atoms with Crippen LogP contribution in [0.2, 0.25) is 0 Å². The summed E-state index contributed by atoms with van der Waals surface area (Å²) in [7, 11) is 0. The van der Waals surface area contributed by atoms with Crippen molar-refractivity contribution < 1.29 is 9.18 Å². The lowest BCUT2D eigenvalue weighted by molar-refractivity contribution is 0.0946. The number of rotatable bonds is 8. The minimum absolute atomic E-state index is 0.0473. The number of fused-ring (bicyclic) bond motifs is 1. The van der Waals surface area contributed by atoms with Gasteiger partial charge in [0.05, 0.1) is 12.7 Å². The molecule has 0 unspecified atom stereocenters. The highest BCUT2D eigenvalue weighted by Gasteiger charge is 2.30. The maximum atomic E-state index is 14.7. The van der Waals surface area contributed by atoms with Crippen molar-refractivity contribution in [2.24, 2.45) is 0 Å². The number of aryl methyl sites for hydroxylation is 1. The maximum absolute atomic E-state index is 14.7. The number of hydrogen-bond donors (Lipinski definition) is 2. The van der Waals surface area contributed by atoms with E-state index < -0.39 is 5.82 Å². The molecular weight excluding hydrogens is 481 g/mol. The zero-order valence-corrected chi connectivity index (χ0v) is 21.1. The predicted octanol–water partition coefficient (Wildman–Crippen LogP) is 4.56. The van der Waals surface area contributed by atoms with Gasteiger partial charge in [0.2, 0.25) is 0 Å². The Bertz CT molecular complexity index is 1630. The van der Waals surface area contributed by atoms with Crippen LogP contribution in [0.1, 0.15) is 57.3 Å². The second kappa shape index (κ2) is 9.74. The van der Waals surface area contributed by atoms with E-state index in [0.29, 0.717) is 29.1 Å². The van der Waals surface area contributed by atoms with E-state index in [1.54, 1.807) is 24.5 Å². The first kappa shape index (κ1) is 23.8. The summed E-state index contributed by atoms with van der Waals surface area (Å²) in [5.74, 6) is 0.803. The number of halogens is 1. The highest BCUT2D eigenvalue weighted by molar-refractivity contribution is 5.93. The third kappa shape index (κ3) is 5.00. The Kier molecular flexibility index (Phi) is 6.11. The molecular formula is C29H28FN7O. The first-order valence-corrected chi connectivity index (χ1v) is 12.7. The Morgan fingerprint density at radius 3 is 2.58 bits per heavy atom. The van der Waals surface area contributed by atoms with Gasteiger partial charge >= 0.3 is 0 Å². The van der Waals surface area contributed by atoms with Gasteiger partial charge in [-0.1, -0.05) is 24.3 Å². The Morgan fingerprint density at radius 2 is 1.87 bits per heavy atom. The molecule has 0 bridgehead atoms. The fourth-order valence-electron chi connectivity index (χ4n) is 4.69. The van der Waals surface area contributed by atoms with E-state index in [2.05, 4.69) is 49.2 Å². The molecule has 3 N–H and O–H groups in total. The van der Waals surface area contributed by atoms with Gasteiger partial charge in [-0.3, -0.25) is 9.48 Å². The molecule has 2 aromatic carbocycles. The molecule has 1 aliphatic carbocycles. The van der Waals surface area contributed by atoms with Gasteiger partial charge in [0.25, 0.3) is 5.91 Å². The number of nitrogens with zero attached hydrogens (tertiary/aromatic N) is 5. The van der Waals surface area contributed by atoms with Crippen LogP contribution in [-0.4, -0.2) is 30.2 Å². The SMILES string of the molecule is Cc1cnn(Cc2ccc(Cn3cc(C(=O)NCc4cc5ccnc(N)c5cc4F)nc3C3CC3)cc2)c1. The third-order valence-electron chi connectivity index (χ3n) is 6.87. The average Bonchev–Trinajstić information content (AvgIpc) is 3.54. The van der Waals surface area contributed by atoms with Crippen LogP contribution in [-0.2, 0) is 19.6 Å². The summed E-state index contributed by atoms with van der Waals surface area (Å²) >= 11 is 0. The van der Waals surface area contributed by atoms with Crippen LogP contribution in [0.5, 0.6) is 0 Å². The summed E-state index contributed by atoms with van der Waals surface area (Å²) in [5, 5.41) is 8.50. The van der Waals surface area contributed by atoms with Crippen LogP contribution in [0.3, 0.4) is 0 Å². The quantitative estimate of drug-likeness (QED) is 0.319. The highest BCUT2D eigenvalue weighted by Crippen LogP contribution is 2.39. The molecule has 6 rings (SSSR count). The van der Waals surface area contributed by atoms with Crippen molar-refractivity contribution in [1.82, 2.24) is 29.6 Å². The monoisotopic (exact) mass is 509 g/mol. The lowest BCUT2D eigenvalue weighted by atomic mass is 10.1. The van der Waals surface area contributed by atoms with E-state index in [1.807, 2.05) is 24.0 Å². The molecule has 1 aliphatic rings. The summed E-state index contributed by atoms with van der Waals surface area (Å²) in [5.41, 5.74) is 10.0. The van der Waals surface area contributed by atoms with Crippen LogP contribution in [0.25, 0.3) is 10.8 Å². The zero-order valence-electron chi connectivity index (χ0n) is 21.1. The van der Waals surface area contributed by atoms with E-state index in [1.165, 1.54) is 11.6 Å². The number of nitrogens with one attached hydrogen (secondary N) is 1. The molecule has 192 valence electrons. The molecule has 38 heavy (non-hydrogen) atoms. The molecule has 1 amide bonds. The molecule has 0 saturated heterocycles. The number of nitrogens with two attached hydrogens (primary N) is 1. The van der Waals surface area contributed by atoms with Crippen LogP contribution in [0.4, 0.5) is 10.2 Å². The van der Waals surface area contributed by atoms with Crippen molar-refractivity contribution in [2.45, 2.75) is 45.3 Å². The fraction of sp³-hybridized carbons (Fsp3) is 0.241. The molecule has 0 atom stereocenters. The Hall–Kier alpha value is -4.53. The molecule has 1 fully saturated rings. The Balaban J connectivity index is 1.15. The molecule has 0 aliphatic heterocycles. The van der Waals surface area contributed by atoms with Gasteiger partial charge in [0.1, 0.15) is 23.2 Å². The Labute approximate surface area is 219 Å². The maximum Gasteiger partial charge on any atom is 0.271 e. The largest absolute Gasteiger partial charge is 0.383 e. The van der Waals surface area contributed by atoms with Gasteiger partial charge < -0.3 is 15.6 Å². The summed E-state index contributed by atoms with van der Waals surface area (Å²) in [6.45, 7) is 3.42. The standard InChI is InChI=1S/C29H28FN7O/c1-18-12-34-37(14-18)16-20-4-2-19(3-5-20)15-36-17-26(35-28(36)21-6-7-21)29(38)33-13-23-10-22-8-9-32-27(31)24(22)11-25(23)30/h2-5,8-12,14,17,21H,6-7,13,15-16H2,1H3,(H2,31,32)(H,33,38). The number of carbonyl (C=O) groups is 1. The van der Waals surface area contributed by atoms with Gasteiger partial charge in [0, 0.05) is 48.5 Å². The average molecular weight is 510 g/mol. The number of nitrogen functional groups attached to an aromatic ring is 1. The number of hydrogen-bond acceptors (Lipinski definition) is 5. The van der Waals surface area contributed by atoms with Crippen molar-refractivity contribution in [2.75, 3.05) is 5.73 Å². The topological polar surface area (TPSA) is 104 Å². The number of benzene rings is 2. The van der Waals surface area contributed by atoms with Gasteiger partial charge in [-0.15, -0.1) is 0 Å². The number of imidazole rings is 1. The first-order valence-electron chi connectivity index (χ1n) is 12.7. The molecule has 1 saturated carbocycles. The lowest BCUT2D eigenvalue weighted by Gasteiger charge is -2.09. The molecule has 3 aromatic heterocycles. The van der Waals surface area contributed by atoms with Gasteiger partial charge in [-0.2, -0.15) is 5.10 Å². The van der Waals surface area contributed by atoms with E-state index in [0.717, 1.165) is 41.7 Å². The molecule has 8 nitrogen and oxygen atoms in total. The molecule has 3 heterocycles. The van der Waals surface area contributed by atoms with Crippen molar-refractivity contribution in [3.8, 4) is 0 Å². The van der Waals surface area contributed by atoms with Gasteiger partial charge in [-0.25, -0.2) is 14.4 Å². The van der Waals surface area contributed by atoms with Crippen molar-refractivity contribution >= 4 is 22.5 Å². The second-order valence-corrected chi connectivity index (χ2v) is 9.96. The highest BCUT2D eigenvalue weighted by atomic mass is 19.1. The van der Waals surface area contributed by atoms with Crippen LogP contribution < -0.4 is 11.1 Å². The lowest BCUT2D eigenvalue weighted by Crippen LogP contribution is -2.23. The normalized spacial score (nSPS) is 13.2. The van der Waals surface area contributed by atoms with Gasteiger partial charge in [0.15, 0.2) is 0 Å². The number of carbonyl (C=O) groups excluding carboxylic acids is 1. The second-order valence-electron chi connectivity index (χ2n) is 9.96. The van der Waals surface area contributed by atoms with Crippen molar-refractivity contribution in [3.05, 3.63) is 107 Å². The zero-order chi connectivity index (χ0) is 26.2. The fourth-order valence-corrected chi connectivity index (χ4v) is 4.69. The molecule has 0 radical (unpaired) electrons. The summed E-state index contributed by atoms with van der Waals surface area (Å²) < 4.78 is 18.7. The summed E-state index contributed by atoms with van der Waals surface area (Å²) in [6.07, 6.45) is 9.40. The van der Waals surface area contributed by atoms with Crippen molar-refractivity contribution in [3.63, 3.8) is 0 Å². The van der Waals surface area contributed by atoms with E-state index >= 15 is 0 Å². The number of anilines is 1. The van der Waals surface area contributed by atoms with Crippen LogP contribution in [0, 0.1) is 12.7 Å². The number of aromatic nitrogens is 5.